The Labute approximate surface area is 103 Å². The van der Waals surface area contributed by atoms with E-state index in [1.807, 2.05) is 11.6 Å². The molecule has 0 amide bonds. The molecular formula is C12H23N3O2. The third-order valence-corrected chi connectivity index (χ3v) is 2.85. The van der Waals surface area contributed by atoms with Crippen LogP contribution in [0, 0.1) is 0 Å². The molecule has 2 atom stereocenters. The summed E-state index contributed by atoms with van der Waals surface area (Å²) in [6.07, 6.45) is 2.57. The lowest BCUT2D eigenvalue weighted by Gasteiger charge is -2.20. The van der Waals surface area contributed by atoms with Crippen LogP contribution < -0.4 is 10.5 Å². The lowest BCUT2D eigenvalue weighted by molar-refractivity contribution is 0.103. The topological polar surface area (TPSA) is 62.3 Å². The van der Waals surface area contributed by atoms with Crippen molar-refractivity contribution in [3.05, 3.63) is 11.9 Å². The van der Waals surface area contributed by atoms with E-state index in [0.29, 0.717) is 0 Å². The summed E-state index contributed by atoms with van der Waals surface area (Å²) in [5.41, 5.74) is 7.15. The van der Waals surface area contributed by atoms with Crippen LogP contribution in [0.2, 0.25) is 0 Å². The summed E-state index contributed by atoms with van der Waals surface area (Å²) in [4.78, 5) is 0. The molecule has 1 aromatic heterocycles. The van der Waals surface area contributed by atoms with E-state index in [4.69, 9.17) is 15.2 Å². The first-order valence-electron chi connectivity index (χ1n) is 5.91. The Bertz CT molecular complexity index is 350. The first-order valence-corrected chi connectivity index (χ1v) is 5.91. The molecule has 0 spiro atoms. The van der Waals surface area contributed by atoms with E-state index in [-0.39, 0.29) is 18.2 Å². The van der Waals surface area contributed by atoms with E-state index in [1.165, 1.54) is 0 Å². The molecule has 5 nitrogen and oxygen atoms in total. The zero-order valence-electron chi connectivity index (χ0n) is 11.3. The van der Waals surface area contributed by atoms with E-state index in [1.54, 1.807) is 20.4 Å². The third kappa shape index (κ3) is 3.20. The van der Waals surface area contributed by atoms with Gasteiger partial charge in [-0.15, -0.1) is 0 Å². The molecule has 0 aliphatic heterocycles. The van der Waals surface area contributed by atoms with Crippen LogP contribution in [0.1, 0.15) is 45.0 Å². The van der Waals surface area contributed by atoms with Gasteiger partial charge in [-0.3, -0.25) is 4.68 Å². The molecule has 0 bridgehead atoms. The molecule has 98 valence electrons. The number of methoxy groups -OCH3 is 2. The fourth-order valence-electron chi connectivity index (χ4n) is 1.84. The maximum atomic E-state index is 6.21. The molecule has 17 heavy (non-hydrogen) atoms. The smallest absolute Gasteiger partial charge is 0.161 e. The summed E-state index contributed by atoms with van der Waals surface area (Å²) < 4.78 is 12.5. The molecule has 0 saturated heterocycles. The lowest BCUT2D eigenvalue weighted by atomic mass is 10.1. The number of nitrogens with zero attached hydrogens (tertiary/aromatic N) is 2. The summed E-state index contributed by atoms with van der Waals surface area (Å²) in [5, 5.41) is 4.31. The van der Waals surface area contributed by atoms with E-state index >= 15 is 0 Å². The maximum absolute atomic E-state index is 6.21. The van der Waals surface area contributed by atoms with Gasteiger partial charge in [-0.25, -0.2) is 0 Å². The second-order valence-electron chi connectivity index (χ2n) is 4.53. The Kier molecular flexibility index (Phi) is 4.96. The quantitative estimate of drug-likeness (QED) is 0.826. The van der Waals surface area contributed by atoms with Crippen molar-refractivity contribution in [1.82, 2.24) is 9.78 Å². The number of nitrogens with two attached hydrogens (primary N) is 1. The number of ether oxygens (including phenoxy) is 2. The predicted octanol–water partition coefficient (Wildman–Crippen LogP) is 1.90. The molecule has 0 radical (unpaired) electrons. The molecule has 0 aliphatic carbocycles. The summed E-state index contributed by atoms with van der Waals surface area (Å²) in [6, 6.07) is 0.127. The molecule has 2 unspecified atom stereocenters. The average molecular weight is 241 g/mol. The van der Waals surface area contributed by atoms with Crippen LogP contribution in [0.4, 0.5) is 0 Å². The summed E-state index contributed by atoms with van der Waals surface area (Å²) >= 11 is 0. The zero-order valence-corrected chi connectivity index (χ0v) is 11.3. The van der Waals surface area contributed by atoms with Crippen molar-refractivity contribution < 1.29 is 9.47 Å². The van der Waals surface area contributed by atoms with Crippen LogP contribution in [0.5, 0.6) is 5.75 Å². The molecule has 0 aliphatic rings. The van der Waals surface area contributed by atoms with Crippen LogP contribution in [0.3, 0.4) is 0 Å². The minimum atomic E-state index is -0.134. The monoisotopic (exact) mass is 241 g/mol. The Morgan fingerprint density at radius 2 is 2.00 bits per heavy atom. The van der Waals surface area contributed by atoms with Gasteiger partial charge in [0.2, 0.25) is 0 Å². The van der Waals surface area contributed by atoms with Crippen LogP contribution in [0.15, 0.2) is 6.20 Å². The molecule has 1 heterocycles. The summed E-state index contributed by atoms with van der Waals surface area (Å²) in [7, 11) is 3.33. The highest BCUT2D eigenvalue weighted by Gasteiger charge is 2.21. The normalized spacial score (nSPS) is 15.0. The SMILES string of the molecule is COc1cnn(C(C)C)c1C(N)CC(C)OC. The molecule has 0 aromatic carbocycles. The van der Waals surface area contributed by atoms with Gasteiger partial charge in [0.1, 0.15) is 0 Å². The fourth-order valence-corrected chi connectivity index (χ4v) is 1.84. The van der Waals surface area contributed by atoms with Crippen molar-refractivity contribution >= 4 is 0 Å². The van der Waals surface area contributed by atoms with Gasteiger partial charge in [-0.05, 0) is 27.2 Å². The van der Waals surface area contributed by atoms with Crippen molar-refractivity contribution in [2.75, 3.05) is 14.2 Å². The number of aromatic nitrogens is 2. The average Bonchev–Trinajstić information content (AvgIpc) is 2.72. The Hall–Kier alpha value is -1.07. The van der Waals surface area contributed by atoms with Crippen molar-refractivity contribution in [2.45, 2.75) is 45.4 Å². The van der Waals surface area contributed by atoms with E-state index in [2.05, 4.69) is 18.9 Å². The van der Waals surface area contributed by atoms with Gasteiger partial charge < -0.3 is 15.2 Å². The van der Waals surface area contributed by atoms with Crippen LogP contribution >= 0.6 is 0 Å². The van der Waals surface area contributed by atoms with Crippen molar-refractivity contribution in [1.29, 1.82) is 0 Å². The maximum Gasteiger partial charge on any atom is 0.161 e. The number of hydrogen-bond acceptors (Lipinski definition) is 4. The summed E-state index contributed by atoms with van der Waals surface area (Å²) in [5.74, 6) is 0.745. The number of rotatable bonds is 6. The highest BCUT2D eigenvalue weighted by molar-refractivity contribution is 5.28. The van der Waals surface area contributed by atoms with Gasteiger partial charge >= 0.3 is 0 Å². The standard InChI is InChI=1S/C12H23N3O2/c1-8(2)15-12(11(17-5)7-14-15)10(13)6-9(3)16-4/h7-10H,6,13H2,1-5H3. The molecule has 5 heteroatoms. The van der Waals surface area contributed by atoms with Gasteiger partial charge in [-0.2, -0.15) is 5.10 Å². The molecule has 0 fully saturated rings. The van der Waals surface area contributed by atoms with Crippen LogP contribution in [0.25, 0.3) is 0 Å². The van der Waals surface area contributed by atoms with Crippen LogP contribution in [-0.2, 0) is 4.74 Å². The van der Waals surface area contributed by atoms with Crippen LogP contribution in [-0.4, -0.2) is 30.1 Å². The predicted molar refractivity (Wildman–Crippen MR) is 67.2 cm³/mol. The molecule has 1 rings (SSSR count). The molecule has 0 saturated carbocycles. The van der Waals surface area contributed by atoms with Gasteiger partial charge in [0, 0.05) is 13.2 Å². The molecule has 1 aromatic rings. The zero-order chi connectivity index (χ0) is 13.0. The van der Waals surface area contributed by atoms with Gasteiger partial charge in [0.05, 0.1) is 31.1 Å². The van der Waals surface area contributed by atoms with E-state index in [0.717, 1.165) is 17.9 Å². The van der Waals surface area contributed by atoms with Crippen molar-refractivity contribution in [3.63, 3.8) is 0 Å². The van der Waals surface area contributed by atoms with E-state index in [9.17, 15) is 0 Å². The largest absolute Gasteiger partial charge is 0.493 e. The molecular weight excluding hydrogens is 218 g/mol. The van der Waals surface area contributed by atoms with Gasteiger partial charge in [0.25, 0.3) is 0 Å². The lowest BCUT2D eigenvalue weighted by Crippen LogP contribution is -2.22. The van der Waals surface area contributed by atoms with E-state index < -0.39 is 0 Å². The fraction of sp³-hybridized carbons (Fsp3) is 0.750. The Morgan fingerprint density at radius 3 is 2.47 bits per heavy atom. The minimum absolute atomic E-state index is 0.116. The highest BCUT2D eigenvalue weighted by atomic mass is 16.5. The number of hydrogen-bond donors (Lipinski definition) is 1. The molecule has 2 N–H and O–H groups in total. The van der Waals surface area contributed by atoms with Gasteiger partial charge in [0.15, 0.2) is 5.75 Å². The Morgan fingerprint density at radius 1 is 1.35 bits per heavy atom. The second kappa shape index (κ2) is 6.02. The van der Waals surface area contributed by atoms with Crippen molar-refractivity contribution in [3.8, 4) is 5.75 Å². The van der Waals surface area contributed by atoms with Crippen molar-refractivity contribution in [2.24, 2.45) is 5.73 Å². The highest BCUT2D eigenvalue weighted by Crippen LogP contribution is 2.28. The second-order valence-corrected chi connectivity index (χ2v) is 4.53. The summed E-state index contributed by atoms with van der Waals surface area (Å²) in [6.45, 7) is 6.15. The van der Waals surface area contributed by atoms with Gasteiger partial charge in [-0.1, -0.05) is 0 Å². The minimum Gasteiger partial charge on any atom is -0.493 e. The third-order valence-electron chi connectivity index (χ3n) is 2.85. The first-order chi connectivity index (χ1) is 8.01. The first kappa shape index (κ1) is 14.0. The Balaban J connectivity index is 2.96.